The number of hydrogen-bond acceptors (Lipinski definition) is 5. The van der Waals surface area contributed by atoms with Gasteiger partial charge in [0.15, 0.2) is 5.65 Å². The van der Waals surface area contributed by atoms with Crippen LogP contribution in [-0.4, -0.2) is 32.8 Å². The maximum absolute atomic E-state index is 12.6. The van der Waals surface area contributed by atoms with Crippen molar-refractivity contribution in [3.8, 4) is 0 Å². The Morgan fingerprint density at radius 3 is 2.77 bits per heavy atom. The summed E-state index contributed by atoms with van der Waals surface area (Å²) in [6.07, 6.45) is 4.64. The molecule has 3 aromatic heterocycles. The minimum Gasteiger partial charge on any atom is -0.276 e. The number of anilines is 1. The molecular weight excluding hydrogens is 304 g/mol. The molecule has 0 aromatic carbocycles. The molecule has 0 spiro atoms. The number of hydrogen-bond donors (Lipinski definition) is 1. The van der Waals surface area contributed by atoms with E-state index in [0.29, 0.717) is 29.3 Å². The molecule has 116 valence electrons. The lowest BCUT2D eigenvalue weighted by Crippen LogP contribution is -2.15. The number of aromatic nitrogens is 5. The van der Waals surface area contributed by atoms with E-state index in [9.17, 15) is 8.42 Å². The third-order valence-electron chi connectivity index (χ3n) is 3.38. The fraction of sp³-hybridized carbons (Fsp3) is 0.308. The van der Waals surface area contributed by atoms with Gasteiger partial charge in [0.05, 0.1) is 35.7 Å². The molecule has 0 saturated heterocycles. The van der Waals surface area contributed by atoms with E-state index in [1.807, 2.05) is 6.92 Å². The second-order valence-electron chi connectivity index (χ2n) is 4.90. The Bertz CT molecular complexity index is 941. The highest BCUT2D eigenvalue weighted by Gasteiger charge is 2.24. The number of nitrogens with one attached hydrogen (secondary N) is 1. The van der Waals surface area contributed by atoms with E-state index >= 15 is 0 Å². The lowest BCUT2D eigenvalue weighted by Gasteiger charge is -2.08. The van der Waals surface area contributed by atoms with Crippen molar-refractivity contribution in [3.05, 3.63) is 36.0 Å². The van der Waals surface area contributed by atoms with Crippen molar-refractivity contribution in [2.75, 3.05) is 4.72 Å². The molecule has 0 amide bonds. The lowest BCUT2D eigenvalue weighted by atomic mass is 10.4. The van der Waals surface area contributed by atoms with E-state index in [1.165, 1.54) is 10.7 Å². The summed E-state index contributed by atoms with van der Waals surface area (Å²) in [6, 6.07) is 1.73. The molecule has 0 aliphatic heterocycles. The van der Waals surface area contributed by atoms with Crippen LogP contribution in [-0.2, 0) is 16.6 Å². The highest BCUT2D eigenvalue weighted by Crippen LogP contribution is 2.22. The van der Waals surface area contributed by atoms with Gasteiger partial charge in [-0.3, -0.25) is 9.40 Å². The zero-order chi connectivity index (χ0) is 15.9. The summed E-state index contributed by atoms with van der Waals surface area (Å²) in [5.41, 5.74) is 2.08. The third-order valence-corrected chi connectivity index (χ3v) is 5.01. The summed E-state index contributed by atoms with van der Waals surface area (Å²) in [6.45, 7) is 5.96. The van der Waals surface area contributed by atoms with Crippen molar-refractivity contribution >= 4 is 21.4 Å². The normalized spacial score (nSPS) is 12.0. The van der Waals surface area contributed by atoms with Gasteiger partial charge in [0.25, 0.3) is 10.0 Å². The molecule has 3 heterocycles. The van der Waals surface area contributed by atoms with Gasteiger partial charge in [-0.1, -0.05) is 0 Å². The van der Waals surface area contributed by atoms with Crippen molar-refractivity contribution in [2.45, 2.75) is 32.2 Å². The largest absolute Gasteiger partial charge is 0.276 e. The molecule has 0 fully saturated rings. The predicted molar refractivity (Wildman–Crippen MR) is 81.2 cm³/mol. The van der Waals surface area contributed by atoms with Crippen molar-refractivity contribution in [1.82, 2.24) is 24.4 Å². The second-order valence-corrected chi connectivity index (χ2v) is 6.52. The first-order valence-electron chi connectivity index (χ1n) is 6.78. The SMILES string of the molecule is CCn1nc(C)c(S(=O)(=O)Nc2cnc3ccnn3c2)c1C. The second kappa shape index (κ2) is 5.09. The van der Waals surface area contributed by atoms with Crippen LogP contribution >= 0.6 is 0 Å². The highest BCUT2D eigenvalue weighted by atomic mass is 32.2. The molecule has 0 aliphatic rings. The topological polar surface area (TPSA) is 94.2 Å². The van der Waals surface area contributed by atoms with Gasteiger partial charge in [-0.05, 0) is 20.8 Å². The number of sulfonamides is 1. The average Bonchev–Trinajstić information content (AvgIpc) is 3.02. The minimum atomic E-state index is -3.73. The van der Waals surface area contributed by atoms with Crippen LogP contribution in [0.5, 0.6) is 0 Å². The fourth-order valence-electron chi connectivity index (χ4n) is 2.45. The standard InChI is InChI=1S/C13H16N6O2S/c1-4-18-10(3)13(9(2)16-18)22(20,21)17-11-7-14-12-5-6-15-19(12)8-11/h5-8,17H,4H2,1-3H3. The fourth-order valence-corrected chi connectivity index (χ4v) is 3.89. The molecule has 0 atom stereocenters. The van der Waals surface area contributed by atoms with Crippen LogP contribution in [0.3, 0.4) is 0 Å². The number of rotatable bonds is 4. The maximum Gasteiger partial charge on any atom is 0.265 e. The van der Waals surface area contributed by atoms with Crippen molar-refractivity contribution in [1.29, 1.82) is 0 Å². The van der Waals surface area contributed by atoms with Gasteiger partial charge >= 0.3 is 0 Å². The van der Waals surface area contributed by atoms with E-state index < -0.39 is 10.0 Å². The number of fused-ring (bicyclic) bond motifs is 1. The molecule has 0 saturated carbocycles. The summed E-state index contributed by atoms with van der Waals surface area (Å²) in [5.74, 6) is 0. The first kappa shape index (κ1) is 14.5. The van der Waals surface area contributed by atoms with Crippen molar-refractivity contribution in [3.63, 3.8) is 0 Å². The molecule has 0 radical (unpaired) electrons. The smallest absolute Gasteiger partial charge is 0.265 e. The van der Waals surface area contributed by atoms with Gasteiger partial charge in [-0.15, -0.1) is 0 Å². The summed E-state index contributed by atoms with van der Waals surface area (Å²) >= 11 is 0. The van der Waals surface area contributed by atoms with Gasteiger partial charge in [0, 0.05) is 12.6 Å². The zero-order valence-corrected chi connectivity index (χ0v) is 13.3. The molecule has 1 N–H and O–H groups in total. The Labute approximate surface area is 127 Å². The molecular formula is C13H16N6O2S. The Morgan fingerprint density at radius 2 is 2.09 bits per heavy atom. The van der Waals surface area contributed by atoms with Gasteiger partial charge in [-0.25, -0.2) is 17.9 Å². The van der Waals surface area contributed by atoms with Crippen LogP contribution in [0.4, 0.5) is 5.69 Å². The first-order chi connectivity index (χ1) is 10.4. The van der Waals surface area contributed by atoms with Crippen LogP contribution in [0.15, 0.2) is 29.6 Å². The molecule has 3 aromatic rings. The molecule has 8 nitrogen and oxygen atoms in total. The third kappa shape index (κ3) is 2.33. The van der Waals surface area contributed by atoms with E-state index in [1.54, 1.807) is 37.0 Å². The van der Waals surface area contributed by atoms with Crippen molar-refractivity contribution in [2.24, 2.45) is 0 Å². The number of nitrogens with zero attached hydrogens (tertiary/aromatic N) is 5. The first-order valence-corrected chi connectivity index (χ1v) is 8.27. The van der Waals surface area contributed by atoms with Gasteiger partial charge in [-0.2, -0.15) is 10.2 Å². The highest BCUT2D eigenvalue weighted by molar-refractivity contribution is 7.92. The Balaban J connectivity index is 2.01. The molecule has 0 bridgehead atoms. The van der Waals surface area contributed by atoms with Crippen LogP contribution in [0.2, 0.25) is 0 Å². The van der Waals surface area contributed by atoms with Gasteiger partial charge in [0.1, 0.15) is 4.90 Å². The average molecular weight is 320 g/mol. The van der Waals surface area contributed by atoms with Crippen LogP contribution < -0.4 is 4.72 Å². The van der Waals surface area contributed by atoms with Gasteiger partial charge < -0.3 is 0 Å². The molecule has 9 heteroatoms. The Morgan fingerprint density at radius 1 is 1.32 bits per heavy atom. The summed E-state index contributed by atoms with van der Waals surface area (Å²) in [7, 11) is -3.73. The Hall–Kier alpha value is -2.42. The van der Waals surface area contributed by atoms with Crippen LogP contribution in [0, 0.1) is 13.8 Å². The Kier molecular flexibility index (Phi) is 3.36. The lowest BCUT2D eigenvalue weighted by molar-refractivity contribution is 0.598. The van der Waals surface area contributed by atoms with Crippen LogP contribution in [0.25, 0.3) is 5.65 Å². The molecule has 0 unspecified atom stereocenters. The number of aryl methyl sites for hydroxylation is 2. The molecule has 22 heavy (non-hydrogen) atoms. The summed E-state index contributed by atoms with van der Waals surface area (Å²) in [5, 5.41) is 8.28. The van der Waals surface area contributed by atoms with E-state index in [0.717, 1.165) is 0 Å². The quantitative estimate of drug-likeness (QED) is 0.783. The minimum absolute atomic E-state index is 0.204. The van der Waals surface area contributed by atoms with E-state index in [2.05, 4.69) is 19.9 Å². The van der Waals surface area contributed by atoms with Crippen LogP contribution in [0.1, 0.15) is 18.3 Å². The van der Waals surface area contributed by atoms with Gasteiger partial charge in [0.2, 0.25) is 0 Å². The van der Waals surface area contributed by atoms with E-state index in [4.69, 9.17) is 0 Å². The molecule has 0 aliphatic carbocycles. The maximum atomic E-state index is 12.6. The molecule has 3 rings (SSSR count). The summed E-state index contributed by atoms with van der Waals surface area (Å²) < 4.78 is 31.0. The predicted octanol–water partition coefficient (Wildman–Crippen LogP) is 1.36. The summed E-state index contributed by atoms with van der Waals surface area (Å²) in [4.78, 5) is 4.34. The van der Waals surface area contributed by atoms with Crippen molar-refractivity contribution < 1.29 is 8.42 Å². The zero-order valence-electron chi connectivity index (χ0n) is 12.5. The monoisotopic (exact) mass is 320 g/mol. The van der Waals surface area contributed by atoms with E-state index in [-0.39, 0.29) is 4.90 Å².